The summed E-state index contributed by atoms with van der Waals surface area (Å²) in [7, 11) is 0. The van der Waals surface area contributed by atoms with Crippen LogP contribution in [0.2, 0.25) is 0 Å². The molecule has 2 aromatic rings. The third kappa shape index (κ3) is 2.56. The Labute approximate surface area is 101 Å². The first kappa shape index (κ1) is 12.3. The van der Waals surface area contributed by atoms with Crippen molar-refractivity contribution < 1.29 is 18.0 Å². The summed E-state index contributed by atoms with van der Waals surface area (Å²) >= 11 is 0. The van der Waals surface area contributed by atoms with Gasteiger partial charge in [-0.15, -0.1) is 0 Å². The van der Waals surface area contributed by atoms with Gasteiger partial charge in [-0.25, -0.2) is 4.98 Å². The van der Waals surface area contributed by atoms with Gasteiger partial charge in [0.15, 0.2) is 0 Å². The van der Waals surface area contributed by atoms with Crippen molar-refractivity contribution in [2.75, 3.05) is 0 Å². The summed E-state index contributed by atoms with van der Waals surface area (Å²) in [5.41, 5.74) is -0.0502. The Hall–Kier alpha value is -2.17. The highest BCUT2D eigenvalue weighted by Crippen LogP contribution is 2.30. The molecule has 0 aliphatic rings. The number of aromatic nitrogens is 1. The first-order chi connectivity index (χ1) is 8.50. The van der Waals surface area contributed by atoms with Crippen LogP contribution < -0.4 is 0 Å². The van der Waals surface area contributed by atoms with E-state index in [1.165, 1.54) is 18.2 Å². The number of hydrogen-bond donors (Lipinski definition) is 0. The lowest BCUT2D eigenvalue weighted by Gasteiger charge is -2.07. The zero-order valence-electron chi connectivity index (χ0n) is 9.11. The van der Waals surface area contributed by atoms with Crippen LogP contribution in [0.25, 0.3) is 17.0 Å². The molecule has 0 aliphatic heterocycles. The number of hydrogen-bond acceptors (Lipinski definition) is 2. The van der Waals surface area contributed by atoms with Gasteiger partial charge in [0, 0.05) is 5.39 Å². The number of carbonyl (C=O) groups is 1. The molecule has 0 saturated carbocycles. The molecule has 0 fully saturated rings. The highest BCUT2D eigenvalue weighted by Gasteiger charge is 2.30. The van der Waals surface area contributed by atoms with E-state index in [9.17, 15) is 18.0 Å². The molecule has 1 aromatic heterocycles. The molecule has 2 rings (SSSR count). The van der Waals surface area contributed by atoms with Crippen molar-refractivity contribution in [1.29, 1.82) is 0 Å². The summed E-state index contributed by atoms with van der Waals surface area (Å²) in [5.74, 6) is 0. The second kappa shape index (κ2) is 4.60. The van der Waals surface area contributed by atoms with Crippen LogP contribution in [-0.4, -0.2) is 11.3 Å². The Morgan fingerprint density at radius 1 is 1.11 bits per heavy atom. The van der Waals surface area contributed by atoms with Crippen LogP contribution in [0.4, 0.5) is 13.2 Å². The third-order valence-corrected chi connectivity index (χ3v) is 2.39. The number of fused-ring (bicyclic) bond motifs is 1. The average Bonchev–Trinajstić information content (AvgIpc) is 2.34. The van der Waals surface area contributed by atoms with Crippen molar-refractivity contribution in [1.82, 2.24) is 4.98 Å². The van der Waals surface area contributed by atoms with Crippen LogP contribution in [0.3, 0.4) is 0 Å². The normalized spacial score (nSPS) is 12.2. The predicted molar refractivity (Wildman–Crippen MR) is 61.8 cm³/mol. The first-order valence-corrected chi connectivity index (χ1v) is 5.10. The lowest BCUT2D eigenvalue weighted by Crippen LogP contribution is -2.04. The molecular formula is C13H8F3NO. The minimum Gasteiger partial charge on any atom is -0.299 e. The minimum atomic E-state index is -4.38. The van der Waals surface area contributed by atoms with Crippen LogP contribution in [0.15, 0.2) is 36.4 Å². The number of carbonyl (C=O) groups excluding carboxylic acids is 1. The number of benzene rings is 1. The minimum absolute atomic E-state index is 0.248. The van der Waals surface area contributed by atoms with Crippen molar-refractivity contribution in [3.8, 4) is 0 Å². The van der Waals surface area contributed by atoms with Gasteiger partial charge < -0.3 is 0 Å². The Balaban J connectivity index is 2.53. The Morgan fingerprint density at radius 2 is 1.83 bits per heavy atom. The van der Waals surface area contributed by atoms with Gasteiger partial charge in [0.25, 0.3) is 0 Å². The van der Waals surface area contributed by atoms with Gasteiger partial charge in [0.05, 0.1) is 16.8 Å². The molecule has 0 atom stereocenters. The molecule has 5 heteroatoms. The first-order valence-electron chi connectivity index (χ1n) is 5.10. The largest absolute Gasteiger partial charge is 0.416 e. The molecule has 18 heavy (non-hydrogen) atoms. The predicted octanol–water partition coefficient (Wildman–Crippen LogP) is 3.47. The lowest BCUT2D eigenvalue weighted by atomic mass is 10.1. The molecule has 0 N–H and O–H groups in total. The maximum Gasteiger partial charge on any atom is 0.416 e. The number of pyridine rings is 1. The summed E-state index contributed by atoms with van der Waals surface area (Å²) in [6.45, 7) is 0. The second-order valence-corrected chi connectivity index (χ2v) is 3.64. The van der Waals surface area contributed by atoms with E-state index in [1.807, 2.05) is 0 Å². The van der Waals surface area contributed by atoms with Gasteiger partial charge in [-0.2, -0.15) is 13.2 Å². The maximum atomic E-state index is 12.5. The van der Waals surface area contributed by atoms with Crippen molar-refractivity contribution in [3.63, 3.8) is 0 Å². The molecule has 0 radical (unpaired) electrons. The van der Waals surface area contributed by atoms with E-state index in [0.29, 0.717) is 17.4 Å². The van der Waals surface area contributed by atoms with E-state index in [1.54, 1.807) is 12.1 Å². The Morgan fingerprint density at radius 3 is 2.50 bits per heavy atom. The average molecular weight is 251 g/mol. The lowest BCUT2D eigenvalue weighted by molar-refractivity contribution is -0.137. The van der Waals surface area contributed by atoms with E-state index in [2.05, 4.69) is 4.98 Å². The number of aldehydes is 1. The molecular weight excluding hydrogens is 243 g/mol. The molecule has 1 heterocycles. The van der Waals surface area contributed by atoms with E-state index in [-0.39, 0.29) is 5.52 Å². The fourth-order valence-corrected chi connectivity index (χ4v) is 1.54. The number of allylic oxidation sites excluding steroid dienone is 1. The molecule has 0 spiro atoms. The molecule has 0 bridgehead atoms. The van der Waals surface area contributed by atoms with Gasteiger partial charge in [0.2, 0.25) is 0 Å². The summed E-state index contributed by atoms with van der Waals surface area (Å²) < 4.78 is 37.6. The van der Waals surface area contributed by atoms with Crippen LogP contribution >= 0.6 is 0 Å². The van der Waals surface area contributed by atoms with Crippen LogP contribution in [0, 0.1) is 0 Å². The number of rotatable bonds is 2. The standard InChI is InChI=1S/C13H8F3NO/c14-13(15,16)10-5-3-9-4-6-11(2-1-7-18)17-12(9)8-10/h1-8H. The molecule has 1 aromatic carbocycles. The number of alkyl halides is 3. The fraction of sp³-hybridized carbons (Fsp3) is 0.0769. The summed E-state index contributed by atoms with van der Waals surface area (Å²) in [5, 5.41) is 0.617. The topological polar surface area (TPSA) is 30.0 Å². The quantitative estimate of drug-likeness (QED) is 0.604. The molecule has 0 aliphatic carbocycles. The summed E-state index contributed by atoms with van der Waals surface area (Å²) in [6.07, 6.45) is -1.13. The van der Waals surface area contributed by atoms with Gasteiger partial charge in [0.1, 0.15) is 6.29 Å². The Bertz CT molecular complexity index is 617. The number of nitrogens with zero attached hydrogens (tertiary/aromatic N) is 1. The van der Waals surface area contributed by atoms with Crippen molar-refractivity contribution in [3.05, 3.63) is 47.7 Å². The fourth-order valence-electron chi connectivity index (χ4n) is 1.54. The summed E-state index contributed by atoms with van der Waals surface area (Å²) in [4.78, 5) is 14.2. The second-order valence-electron chi connectivity index (χ2n) is 3.64. The summed E-state index contributed by atoms with van der Waals surface area (Å²) in [6, 6.07) is 6.68. The zero-order valence-corrected chi connectivity index (χ0v) is 9.11. The van der Waals surface area contributed by atoms with Gasteiger partial charge >= 0.3 is 6.18 Å². The third-order valence-electron chi connectivity index (χ3n) is 2.39. The smallest absolute Gasteiger partial charge is 0.299 e. The van der Waals surface area contributed by atoms with Gasteiger partial charge in [-0.3, -0.25) is 4.79 Å². The van der Waals surface area contributed by atoms with Crippen molar-refractivity contribution >= 4 is 23.3 Å². The molecule has 0 unspecified atom stereocenters. The van der Waals surface area contributed by atoms with E-state index in [4.69, 9.17) is 0 Å². The van der Waals surface area contributed by atoms with Crippen LogP contribution in [0.1, 0.15) is 11.3 Å². The van der Waals surface area contributed by atoms with E-state index >= 15 is 0 Å². The van der Waals surface area contributed by atoms with Crippen LogP contribution in [0.5, 0.6) is 0 Å². The van der Waals surface area contributed by atoms with Gasteiger partial charge in [-0.1, -0.05) is 12.1 Å². The maximum absolute atomic E-state index is 12.5. The molecule has 2 nitrogen and oxygen atoms in total. The number of halogens is 3. The SMILES string of the molecule is O=CC=Cc1ccc2ccc(C(F)(F)F)cc2n1. The molecule has 0 saturated heterocycles. The molecule has 92 valence electrons. The van der Waals surface area contributed by atoms with Crippen molar-refractivity contribution in [2.45, 2.75) is 6.18 Å². The highest BCUT2D eigenvalue weighted by atomic mass is 19.4. The van der Waals surface area contributed by atoms with E-state index < -0.39 is 11.7 Å². The molecule has 0 amide bonds. The van der Waals surface area contributed by atoms with Crippen LogP contribution in [-0.2, 0) is 11.0 Å². The van der Waals surface area contributed by atoms with Gasteiger partial charge in [-0.05, 0) is 30.4 Å². The Kier molecular flexibility index (Phi) is 3.14. The van der Waals surface area contributed by atoms with Crippen molar-refractivity contribution in [2.24, 2.45) is 0 Å². The van der Waals surface area contributed by atoms with E-state index in [0.717, 1.165) is 12.1 Å². The highest BCUT2D eigenvalue weighted by molar-refractivity contribution is 5.81. The monoisotopic (exact) mass is 251 g/mol. The zero-order chi connectivity index (χ0) is 13.2.